The van der Waals surface area contributed by atoms with Gasteiger partial charge in [-0.25, -0.2) is 0 Å². The molecule has 7 nitrogen and oxygen atoms in total. The lowest BCUT2D eigenvalue weighted by molar-refractivity contribution is -0.384. The van der Waals surface area contributed by atoms with E-state index in [0.29, 0.717) is 28.5 Å². The summed E-state index contributed by atoms with van der Waals surface area (Å²) in [6, 6.07) is 23.6. The van der Waals surface area contributed by atoms with Crippen LogP contribution < -0.4 is 10.1 Å². The van der Waals surface area contributed by atoms with Gasteiger partial charge in [0, 0.05) is 11.6 Å². The van der Waals surface area contributed by atoms with Crippen molar-refractivity contribution in [1.82, 2.24) is 0 Å². The van der Waals surface area contributed by atoms with Gasteiger partial charge in [0.25, 0.3) is 11.6 Å². The minimum atomic E-state index is -0.577. The minimum Gasteiger partial charge on any atom is -0.455 e. The molecule has 31 heavy (non-hydrogen) atoms. The predicted molar refractivity (Wildman–Crippen MR) is 117 cm³/mol. The van der Waals surface area contributed by atoms with Gasteiger partial charge in [-0.15, -0.1) is 0 Å². The highest BCUT2D eigenvalue weighted by Crippen LogP contribution is 2.32. The number of furan rings is 1. The summed E-state index contributed by atoms with van der Waals surface area (Å²) in [6.45, 7) is 0. The first-order valence-corrected chi connectivity index (χ1v) is 9.56. The normalized spacial score (nSPS) is 10.5. The summed E-state index contributed by atoms with van der Waals surface area (Å²) in [5.74, 6) is 0.968. The van der Waals surface area contributed by atoms with E-state index in [-0.39, 0.29) is 16.5 Å². The van der Waals surface area contributed by atoms with Crippen molar-refractivity contribution in [2.24, 2.45) is 0 Å². The molecule has 0 aliphatic heterocycles. The van der Waals surface area contributed by atoms with Gasteiger partial charge < -0.3 is 14.5 Å². The molecular formula is C23H15ClN2O5. The molecule has 1 N–H and O–H groups in total. The third kappa shape index (κ3) is 4.57. The van der Waals surface area contributed by atoms with Gasteiger partial charge in [0.15, 0.2) is 11.5 Å². The first-order valence-electron chi connectivity index (χ1n) is 9.19. The molecule has 4 rings (SSSR count). The zero-order valence-corrected chi connectivity index (χ0v) is 16.7. The number of nitro benzene ring substituents is 1. The smallest absolute Gasteiger partial charge is 0.291 e. The number of nitrogens with zero attached hydrogens (tertiary/aromatic N) is 1. The fourth-order valence-electron chi connectivity index (χ4n) is 2.88. The summed E-state index contributed by atoms with van der Waals surface area (Å²) in [5, 5.41) is 13.9. The second kappa shape index (κ2) is 8.73. The first kappa shape index (κ1) is 20.2. The van der Waals surface area contributed by atoms with E-state index in [4.69, 9.17) is 20.8 Å². The fraction of sp³-hybridized carbons (Fsp3) is 0. The van der Waals surface area contributed by atoms with E-state index in [1.165, 1.54) is 18.2 Å². The Labute approximate surface area is 182 Å². The lowest BCUT2D eigenvalue weighted by Gasteiger charge is -2.11. The van der Waals surface area contributed by atoms with Crippen molar-refractivity contribution in [1.29, 1.82) is 0 Å². The number of anilines is 1. The number of carbonyl (C=O) groups excluding carboxylic acids is 1. The van der Waals surface area contributed by atoms with Crippen LogP contribution in [0.2, 0.25) is 5.02 Å². The van der Waals surface area contributed by atoms with Crippen LogP contribution in [0.4, 0.5) is 11.4 Å². The molecule has 1 amide bonds. The Morgan fingerprint density at radius 1 is 0.968 bits per heavy atom. The van der Waals surface area contributed by atoms with Crippen LogP contribution in [0.25, 0.3) is 11.3 Å². The molecule has 1 heterocycles. The Hall–Kier alpha value is -4.10. The number of ether oxygens (including phenoxy) is 1. The van der Waals surface area contributed by atoms with E-state index < -0.39 is 10.8 Å². The van der Waals surface area contributed by atoms with Crippen molar-refractivity contribution in [3.05, 3.63) is 106 Å². The van der Waals surface area contributed by atoms with Crippen LogP contribution >= 0.6 is 11.6 Å². The number of nitrogens with one attached hydrogen (secondary N) is 1. The summed E-state index contributed by atoms with van der Waals surface area (Å²) < 4.78 is 11.5. The molecule has 0 saturated carbocycles. The number of nitro groups is 1. The SMILES string of the molecule is O=C(Nc1ccccc1Oc1ccccc1)c1ccc(-c2ccc(Cl)c([N+](=O)[O-])c2)o1. The van der Waals surface area contributed by atoms with E-state index in [1.54, 1.807) is 36.4 Å². The van der Waals surface area contributed by atoms with Gasteiger partial charge in [-0.05, 0) is 48.5 Å². The third-order valence-corrected chi connectivity index (χ3v) is 4.68. The van der Waals surface area contributed by atoms with Crippen molar-refractivity contribution >= 4 is 28.9 Å². The molecule has 0 spiro atoms. The summed E-state index contributed by atoms with van der Waals surface area (Å²) in [7, 11) is 0. The number of amides is 1. The number of carbonyl (C=O) groups is 1. The molecule has 0 bridgehead atoms. The van der Waals surface area contributed by atoms with Crippen molar-refractivity contribution in [2.75, 3.05) is 5.32 Å². The summed E-state index contributed by atoms with van der Waals surface area (Å²) >= 11 is 5.85. The molecule has 8 heteroatoms. The Kier molecular flexibility index (Phi) is 5.68. The molecule has 3 aromatic carbocycles. The number of para-hydroxylation sites is 3. The molecule has 0 aliphatic rings. The van der Waals surface area contributed by atoms with E-state index >= 15 is 0 Å². The zero-order chi connectivity index (χ0) is 21.8. The molecule has 1 aromatic heterocycles. The van der Waals surface area contributed by atoms with E-state index in [1.807, 2.05) is 30.3 Å². The predicted octanol–water partition coefficient (Wildman–Crippen LogP) is 6.55. The van der Waals surface area contributed by atoms with Gasteiger partial charge in [-0.3, -0.25) is 14.9 Å². The van der Waals surface area contributed by atoms with Crippen molar-refractivity contribution in [2.45, 2.75) is 0 Å². The van der Waals surface area contributed by atoms with Crippen molar-refractivity contribution in [3.63, 3.8) is 0 Å². The summed E-state index contributed by atoms with van der Waals surface area (Å²) in [6.07, 6.45) is 0. The quantitative estimate of drug-likeness (QED) is 0.274. The lowest BCUT2D eigenvalue weighted by atomic mass is 10.1. The number of hydrogen-bond donors (Lipinski definition) is 1. The van der Waals surface area contributed by atoms with Gasteiger partial charge in [0.2, 0.25) is 0 Å². The second-order valence-electron chi connectivity index (χ2n) is 6.45. The summed E-state index contributed by atoms with van der Waals surface area (Å²) in [4.78, 5) is 23.2. The Balaban J connectivity index is 1.54. The molecule has 154 valence electrons. The maximum Gasteiger partial charge on any atom is 0.291 e. The van der Waals surface area contributed by atoms with Crippen LogP contribution in [0.5, 0.6) is 11.5 Å². The van der Waals surface area contributed by atoms with Gasteiger partial charge in [-0.1, -0.05) is 41.9 Å². The standard InChI is InChI=1S/C23H15ClN2O5/c24-17-11-10-15(14-19(17)26(28)29)20-12-13-22(31-20)23(27)25-18-8-4-5-9-21(18)30-16-6-2-1-3-7-16/h1-14H,(H,25,27). The number of hydrogen-bond acceptors (Lipinski definition) is 5. The third-order valence-electron chi connectivity index (χ3n) is 4.36. The minimum absolute atomic E-state index is 0.0216. The molecule has 0 unspecified atom stereocenters. The highest BCUT2D eigenvalue weighted by atomic mass is 35.5. The van der Waals surface area contributed by atoms with Crippen LogP contribution in [0.1, 0.15) is 10.6 Å². The van der Waals surface area contributed by atoms with Crippen LogP contribution in [-0.4, -0.2) is 10.8 Å². The fourth-order valence-corrected chi connectivity index (χ4v) is 3.07. The second-order valence-corrected chi connectivity index (χ2v) is 6.86. The molecule has 0 saturated heterocycles. The Morgan fingerprint density at radius 2 is 1.71 bits per heavy atom. The van der Waals surface area contributed by atoms with Gasteiger partial charge in [0.1, 0.15) is 16.5 Å². The van der Waals surface area contributed by atoms with Crippen LogP contribution in [0.15, 0.2) is 89.3 Å². The molecule has 0 aliphatic carbocycles. The number of halogens is 1. The van der Waals surface area contributed by atoms with E-state index in [2.05, 4.69) is 5.32 Å². The van der Waals surface area contributed by atoms with E-state index in [0.717, 1.165) is 0 Å². The Bertz CT molecular complexity index is 1250. The Morgan fingerprint density at radius 3 is 2.48 bits per heavy atom. The maximum absolute atomic E-state index is 12.7. The maximum atomic E-state index is 12.7. The number of rotatable bonds is 6. The zero-order valence-electron chi connectivity index (χ0n) is 15.9. The monoisotopic (exact) mass is 434 g/mol. The topological polar surface area (TPSA) is 94.6 Å². The highest BCUT2D eigenvalue weighted by Gasteiger charge is 2.18. The molecule has 4 aromatic rings. The molecule has 0 radical (unpaired) electrons. The lowest BCUT2D eigenvalue weighted by Crippen LogP contribution is -2.11. The highest BCUT2D eigenvalue weighted by molar-refractivity contribution is 6.32. The molecule has 0 fully saturated rings. The van der Waals surface area contributed by atoms with Gasteiger partial charge in [-0.2, -0.15) is 0 Å². The molecule has 0 atom stereocenters. The van der Waals surface area contributed by atoms with Crippen LogP contribution in [0, 0.1) is 10.1 Å². The largest absolute Gasteiger partial charge is 0.455 e. The van der Waals surface area contributed by atoms with Crippen molar-refractivity contribution < 1.29 is 18.9 Å². The van der Waals surface area contributed by atoms with Crippen LogP contribution in [0.3, 0.4) is 0 Å². The average Bonchev–Trinajstić information content (AvgIpc) is 3.26. The van der Waals surface area contributed by atoms with Crippen molar-refractivity contribution in [3.8, 4) is 22.8 Å². The molecular weight excluding hydrogens is 420 g/mol. The van der Waals surface area contributed by atoms with Gasteiger partial charge in [0.05, 0.1) is 10.6 Å². The summed E-state index contributed by atoms with van der Waals surface area (Å²) in [5.41, 5.74) is 0.660. The van der Waals surface area contributed by atoms with Gasteiger partial charge >= 0.3 is 0 Å². The first-order chi connectivity index (χ1) is 15.0. The average molecular weight is 435 g/mol. The van der Waals surface area contributed by atoms with E-state index in [9.17, 15) is 14.9 Å². The van der Waals surface area contributed by atoms with Crippen LogP contribution in [-0.2, 0) is 0 Å². The number of benzene rings is 3.